The SMILES string of the molecule is Cc1ccc(C(CN(S(=O)(=O)c2ccccc2)S(=O)(=O)c2ccccc2)N=[N+]=[N-])cc1. The Morgan fingerprint density at radius 2 is 1.26 bits per heavy atom. The van der Waals surface area contributed by atoms with Crippen molar-refractivity contribution in [3.8, 4) is 0 Å². The molecule has 160 valence electrons. The van der Waals surface area contributed by atoms with Gasteiger partial charge in [0.05, 0.1) is 15.8 Å². The van der Waals surface area contributed by atoms with Gasteiger partial charge in [0, 0.05) is 11.5 Å². The van der Waals surface area contributed by atoms with Crippen LogP contribution in [0.2, 0.25) is 0 Å². The molecular formula is C21H20N4O4S2. The van der Waals surface area contributed by atoms with E-state index < -0.39 is 32.6 Å². The molecule has 0 fully saturated rings. The molecule has 0 spiro atoms. The number of rotatable bonds is 8. The summed E-state index contributed by atoms with van der Waals surface area (Å²) in [7, 11) is -8.95. The van der Waals surface area contributed by atoms with Crippen molar-refractivity contribution in [2.24, 2.45) is 5.11 Å². The zero-order valence-electron chi connectivity index (χ0n) is 16.6. The van der Waals surface area contributed by atoms with Crippen LogP contribution in [0.15, 0.2) is 99.8 Å². The Balaban J connectivity index is 2.16. The minimum Gasteiger partial charge on any atom is -0.206 e. The van der Waals surface area contributed by atoms with Crippen LogP contribution in [0.3, 0.4) is 0 Å². The molecule has 3 aromatic carbocycles. The molecule has 31 heavy (non-hydrogen) atoms. The van der Waals surface area contributed by atoms with Gasteiger partial charge in [-0.3, -0.25) is 0 Å². The summed E-state index contributed by atoms with van der Waals surface area (Å²) < 4.78 is 54.0. The van der Waals surface area contributed by atoms with E-state index in [2.05, 4.69) is 10.0 Å². The van der Waals surface area contributed by atoms with Crippen molar-refractivity contribution >= 4 is 20.0 Å². The van der Waals surface area contributed by atoms with Crippen molar-refractivity contribution in [1.29, 1.82) is 0 Å². The van der Waals surface area contributed by atoms with Crippen LogP contribution in [0.4, 0.5) is 0 Å². The van der Waals surface area contributed by atoms with E-state index in [4.69, 9.17) is 5.53 Å². The molecule has 0 bridgehead atoms. The van der Waals surface area contributed by atoms with Gasteiger partial charge in [-0.25, -0.2) is 16.8 Å². The highest BCUT2D eigenvalue weighted by Crippen LogP contribution is 2.29. The number of nitrogens with zero attached hydrogens (tertiary/aromatic N) is 4. The van der Waals surface area contributed by atoms with Gasteiger partial charge >= 0.3 is 0 Å². The summed E-state index contributed by atoms with van der Waals surface area (Å²) in [6, 6.07) is 20.4. The molecule has 0 aliphatic rings. The topological polar surface area (TPSA) is 120 Å². The number of azide groups is 1. The largest absolute Gasteiger partial charge is 0.256 e. The fraction of sp³-hybridized carbons (Fsp3) is 0.143. The average Bonchev–Trinajstić information content (AvgIpc) is 2.78. The van der Waals surface area contributed by atoms with E-state index in [-0.39, 0.29) is 9.79 Å². The van der Waals surface area contributed by atoms with Crippen LogP contribution in [0.25, 0.3) is 10.4 Å². The molecule has 0 aromatic heterocycles. The molecule has 0 aliphatic heterocycles. The highest BCUT2D eigenvalue weighted by atomic mass is 32.3. The van der Waals surface area contributed by atoms with E-state index in [0.717, 1.165) is 5.56 Å². The first-order valence-corrected chi connectivity index (χ1v) is 12.1. The van der Waals surface area contributed by atoms with Crippen LogP contribution in [-0.4, -0.2) is 27.1 Å². The molecule has 8 nitrogen and oxygen atoms in total. The van der Waals surface area contributed by atoms with Crippen molar-refractivity contribution in [2.75, 3.05) is 6.54 Å². The van der Waals surface area contributed by atoms with E-state index in [1.807, 2.05) is 6.92 Å². The average molecular weight is 457 g/mol. The smallest absolute Gasteiger partial charge is 0.206 e. The summed E-state index contributed by atoms with van der Waals surface area (Å²) in [5.41, 5.74) is 10.5. The summed E-state index contributed by atoms with van der Waals surface area (Å²) >= 11 is 0. The number of hydrogen-bond donors (Lipinski definition) is 0. The third kappa shape index (κ3) is 4.95. The van der Waals surface area contributed by atoms with E-state index in [9.17, 15) is 16.8 Å². The van der Waals surface area contributed by atoms with Crippen LogP contribution in [0.1, 0.15) is 17.2 Å². The molecule has 1 atom stereocenters. The van der Waals surface area contributed by atoms with Crippen LogP contribution in [-0.2, 0) is 20.0 Å². The molecular weight excluding hydrogens is 436 g/mol. The highest BCUT2D eigenvalue weighted by Gasteiger charge is 2.38. The van der Waals surface area contributed by atoms with Crippen molar-refractivity contribution in [3.05, 3.63) is 106 Å². The normalized spacial score (nSPS) is 12.8. The quantitative estimate of drug-likeness (QED) is 0.283. The number of sulfonamides is 2. The minimum absolute atomic E-state index is 0.182. The van der Waals surface area contributed by atoms with Crippen molar-refractivity contribution in [1.82, 2.24) is 3.71 Å². The molecule has 3 aromatic rings. The van der Waals surface area contributed by atoms with Crippen LogP contribution in [0.5, 0.6) is 0 Å². The Hall–Kier alpha value is -3.17. The number of benzene rings is 3. The van der Waals surface area contributed by atoms with Gasteiger partial charge in [-0.2, -0.15) is 0 Å². The predicted molar refractivity (Wildman–Crippen MR) is 117 cm³/mol. The van der Waals surface area contributed by atoms with Crippen LogP contribution >= 0.6 is 0 Å². The van der Waals surface area contributed by atoms with Gasteiger partial charge in [0.25, 0.3) is 20.0 Å². The molecule has 0 saturated heterocycles. The van der Waals surface area contributed by atoms with Gasteiger partial charge in [-0.15, -0.1) is 0 Å². The second-order valence-corrected chi connectivity index (χ2v) is 10.7. The van der Waals surface area contributed by atoms with Gasteiger partial charge in [-0.05, 0) is 42.3 Å². The van der Waals surface area contributed by atoms with Crippen molar-refractivity contribution in [2.45, 2.75) is 22.8 Å². The fourth-order valence-electron chi connectivity index (χ4n) is 2.95. The van der Waals surface area contributed by atoms with E-state index >= 15 is 0 Å². The Morgan fingerprint density at radius 1 is 0.806 bits per heavy atom. The molecule has 10 heteroatoms. The second kappa shape index (κ2) is 9.32. The summed E-state index contributed by atoms with van der Waals surface area (Å²) in [4.78, 5) is 2.44. The van der Waals surface area contributed by atoms with Crippen LogP contribution < -0.4 is 0 Å². The van der Waals surface area contributed by atoms with E-state index in [1.54, 1.807) is 36.4 Å². The third-order valence-electron chi connectivity index (χ3n) is 4.59. The Morgan fingerprint density at radius 3 is 1.68 bits per heavy atom. The van der Waals surface area contributed by atoms with E-state index in [0.29, 0.717) is 9.27 Å². The lowest BCUT2D eigenvalue weighted by atomic mass is 10.1. The lowest BCUT2D eigenvalue weighted by Gasteiger charge is -2.25. The molecule has 0 N–H and O–H groups in total. The summed E-state index contributed by atoms with van der Waals surface area (Å²) in [5.74, 6) is 0. The monoisotopic (exact) mass is 456 g/mol. The molecule has 0 aliphatic carbocycles. The van der Waals surface area contributed by atoms with Crippen LogP contribution in [0, 0.1) is 6.92 Å². The lowest BCUT2D eigenvalue weighted by molar-refractivity contribution is 0.474. The molecule has 3 rings (SSSR count). The van der Waals surface area contributed by atoms with Gasteiger partial charge < -0.3 is 0 Å². The Kier molecular flexibility index (Phi) is 6.77. The van der Waals surface area contributed by atoms with Crippen molar-refractivity contribution < 1.29 is 16.8 Å². The molecule has 0 saturated carbocycles. The molecule has 0 heterocycles. The Labute approximate surface area is 181 Å². The van der Waals surface area contributed by atoms with E-state index in [1.165, 1.54) is 48.5 Å². The molecule has 0 amide bonds. The maximum Gasteiger partial charge on any atom is 0.256 e. The number of aryl methyl sites for hydroxylation is 1. The number of hydrogen-bond acceptors (Lipinski definition) is 5. The van der Waals surface area contributed by atoms with Gasteiger partial charge in [0.1, 0.15) is 0 Å². The highest BCUT2D eigenvalue weighted by molar-refractivity contribution is 8.04. The van der Waals surface area contributed by atoms with Gasteiger partial charge in [0.15, 0.2) is 0 Å². The first-order valence-electron chi connectivity index (χ1n) is 9.25. The maximum absolute atomic E-state index is 13.4. The summed E-state index contributed by atoms with van der Waals surface area (Å²) in [6.45, 7) is 1.29. The zero-order valence-corrected chi connectivity index (χ0v) is 18.2. The third-order valence-corrected chi connectivity index (χ3v) is 8.88. The summed E-state index contributed by atoms with van der Waals surface area (Å²) in [5, 5.41) is 3.69. The van der Waals surface area contributed by atoms with Gasteiger partial charge in [-0.1, -0.05) is 75.1 Å². The predicted octanol–water partition coefficient (Wildman–Crippen LogP) is 4.43. The summed E-state index contributed by atoms with van der Waals surface area (Å²) in [6.07, 6.45) is 0. The first-order chi connectivity index (χ1) is 14.8. The lowest BCUT2D eigenvalue weighted by Crippen LogP contribution is -2.39. The first kappa shape index (κ1) is 22.5. The van der Waals surface area contributed by atoms with Gasteiger partial charge in [0.2, 0.25) is 0 Å². The minimum atomic E-state index is -4.47. The maximum atomic E-state index is 13.4. The Bertz CT molecular complexity index is 1220. The molecule has 0 radical (unpaired) electrons. The fourth-order valence-corrected chi connectivity index (χ4v) is 6.64. The van der Waals surface area contributed by atoms with Crippen molar-refractivity contribution in [3.63, 3.8) is 0 Å². The standard InChI is InChI=1S/C21H20N4O4S2/c1-17-12-14-18(15-13-17)21(23-24-22)16-25(30(26,27)19-8-4-2-5-9-19)31(28,29)20-10-6-3-7-11-20/h2-15,21H,16H2,1H3. The molecule has 1 unspecified atom stereocenters. The second-order valence-electron chi connectivity index (χ2n) is 6.72. The zero-order chi connectivity index (χ0) is 22.5.